The van der Waals surface area contributed by atoms with Crippen molar-refractivity contribution in [3.63, 3.8) is 0 Å². The summed E-state index contributed by atoms with van der Waals surface area (Å²) < 4.78 is 5.41. The number of nitrogens with zero attached hydrogens (tertiary/aromatic N) is 1. The molecule has 1 fully saturated rings. The van der Waals surface area contributed by atoms with E-state index in [2.05, 4.69) is 0 Å². The largest absolute Gasteiger partial charge is 0.444 e. The minimum atomic E-state index is -0.491. The van der Waals surface area contributed by atoms with Crippen LogP contribution in [0.2, 0.25) is 0 Å². The van der Waals surface area contributed by atoms with Crippen LogP contribution in [0, 0.1) is 12.8 Å². The van der Waals surface area contributed by atoms with Gasteiger partial charge in [-0.25, -0.2) is 4.79 Å². The first-order valence-corrected chi connectivity index (χ1v) is 7.80. The first-order chi connectivity index (χ1) is 10.3. The number of benzene rings is 1. The number of amides is 1. The van der Waals surface area contributed by atoms with E-state index in [1.54, 1.807) is 4.90 Å². The second kappa shape index (κ2) is 6.51. The Morgan fingerprint density at radius 3 is 2.64 bits per heavy atom. The minimum Gasteiger partial charge on any atom is -0.444 e. The Bertz CT molecular complexity index is 548. The summed E-state index contributed by atoms with van der Waals surface area (Å²) in [6.45, 7) is 8.83. The maximum Gasteiger partial charge on any atom is 0.410 e. The zero-order valence-electron chi connectivity index (χ0n) is 13.8. The number of carbonyl (C=O) groups excluding carboxylic acids is 2. The van der Waals surface area contributed by atoms with E-state index in [-0.39, 0.29) is 17.9 Å². The summed E-state index contributed by atoms with van der Waals surface area (Å²) in [5, 5.41) is 0. The fourth-order valence-electron chi connectivity index (χ4n) is 2.97. The molecule has 1 heterocycles. The quantitative estimate of drug-likeness (QED) is 0.802. The van der Waals surface area contributed by atoms with Crippen LogP contribution in [-0.4, -0.2) is 36.0 Å². The molecule has 2 unspecified atom stereocenters. The summed E-state index contributed by atoms with van der Waals surface area (Å²) >= 11 is 0. The van der Waals surface area contributed by atoms with Crippen molar-refractivity contribution in [2.45, 2.75) is 45.6 Å². The Morgan fingerprint density at radius 2 is 2.05 bits per heavy atom. The molecular formula is C18H25NO3. The molecular weight excluding hydrogens is 278 g/mol. The molecule has 1 saturated heterocycles. The van der Waals surface area contributed by atoms with E-state index < -0.39 is 5.60 Å². The Hall–Kier alpha value is -1.84. The van der Waals surface area contributed by atoms with Gasteiger partial charge in [0, 0.05) is 19.0 Å². The van der Waals surface area contributed by atoms with Crippen LogP contribution in [-0.2, 0) is 9.53 Å². The van der Waals surface area contributed by atoms with Crippen LogP contribution in [0.25, 0.3) is 0 Å². The smallest absolute Gasteiger partial charge is 0.410 e. The van der Waals surface area contributed by atoms with Crippen molar-refractivity contribution in [1.29, 1.82) is 0 Å². The zero-order valence-corrected chi connectivity index (χ0v) is 13.8. The van der Waals surface area contributed by atoms with Crippen molar-refractivity contribution in [3.05, 3.63) is 35.4 Å². The van der Waals surface area contributed by atoms with E-state index in [0.29, 0.717) is 13.1 Å². The summed E-state index contributed by atoms with van der Waals surface area (Å²) in [5.41, 5.74) is 1.69. The molecule has 2 rings (SSSR count). The van der Waals surface area contributed by atoms with Gasteiger partial charge < -0.3 is 14.4 Å². The average Bonchev–Trinajstić information content (AvgIpc) is 2.89. The molecule has 1 amide bonds. The maximum absolute atomic E-state index is 12.1. The molecule has 1 aromatic rings. The van der Waals surface area contributed by atoms with Gasteiger partial charge in [0.25, 0.3) is 0 Å². The second-order valence-electron chi connectivity index (χ2n) is 6.99. The lowest BCUT2D eigenvalue weighted by Gasteiger charge is -2.25. The predicted molar refractivity (Wildman–Crippen MR) is 85.9 cm³/mol. The van der Waals surface area contributed by atoms with Crippen LogP contribution < -0.4 is 0 Å². The van der Waals surface area contributed by atoms with E-state index >= 15 is 0 Å². The third kappa shape index (κ3) is 3.87. The van der Waals surface area contributed by atoms with E-state index in [0.717, 1.165) is 23.8 Å². The monoisotopic (exact) mass is 303 g/mol. The second-order valence-corrected chi connectivity index (χ2v) is 6.99. The molecule has 1 aliphatic heterocycles. The molecule has 120 valence electrons. The molecule has 2 atom stereocenters. The van der Waals surface area contributed by atoms with Crippen molar-refractivity contribution in [2.75, 3.05) is 13.1 Å². The van der Waals surface area contributed by atoms with Gasteiger partial charge in [-0.15, -0.1) is 0 Å². The average molecular weight is 303 g/mol. The predicted octanol–water partition coefficient (Wildman–Crippen LogP) is 3.53. The van der Waals surface area contributed by atoms with Crippen molar-refractivity contribution in [1.82, 2.24) is 4.90 Å². The Balaban J connectivity index is 2.07. The van der Waals surface area contributed by atoms with Crippen LogP contribution in [0.4, 0.5) is 4.79 Å². The van der Waals surface area contributed by atoms with Crippen LogP contribution in [0.3, 0.4) is 0 Å². The molecule has 0 spiro atoms. The topological polar surface area (TPSA) is 46.6 Å². The van der Waals surface area contributed by atoms with Crippen LogP contribution in [0.1, 0.15) is 44.2 Å². The van der Waals surface area contributed by atoms with Crippen LogP contribution in [0.5, 0.6) is 0 Å². The third-order valence-electron chi connectivity index (χ3n) is 4.08. The number of aryl methyl sites for hydroxylation is 1. The molecule has 0 aliphatic carbocycles. The van der Waals surface area contributed by atoms with E-state index in [1.807, 2.05) is 52.0 Å². The Kier molecular flexibility index (Phi) is 4.89. The Morgan fingerprint density at radius 1 is 1.36 bits per heavy atom. The normalized spacial score (nSPS) is 19.8. The highest BCUT2D eigenvalue weighted by molar-refractivity contribution is 5.69. The highest BCUT2D eigenvalue weighted by Crippen LogP contribution is 2.32. The molecule has 1 aliphatic rings. The number of hydrogen-bond donors (Lipinski definition) is 0. The van der Waals surface area contributed by atoms with Crippen LogP contribution >= 0.6 is 0 Å². The molecule has 0 saturated carbocycles. The molecule has 1 aromatic carbocycles. The van der Waals surface area contributed by atoms with Gasteiger partial charge in [0.1, 0.15) is 11.9 Å². The molecule has 0 radical (unpaired) electrons. The number of ether oxygens (including phenoxy) is 1. The van der Waals surface area contributed by atoms with Gasteiger partial charge in [-0.1, -0.05) is 24.3 Å². The standard InChI is InChI=1S/C18H25NO3/c1-13-7-5-6-8-15(13)16(12-20)14-9-10-19(11-14)17(21)22-18(2,3)4/h5-8,12,14,16H,9-11H2,1-4H3. The highest BCUT2D eigenvalue weighted by atomic mass is 16.6. The summed E-state index contributed by atoms with van der Waals surface area (Å²) in [6.07, 6.45) is 1.56. The van der Waals surface area contributed by atoms with Gasteiger partial charge in [-0.3, -0.25) is 0 Å². The molecule has 4 nitrogen and oxygen atoms in total. The Labute approximate surface area is 132 Å². The lowest BCUT2D eigenvalue weighted by Crippen LogP contribution is -2.35. The van der Waals surface area contributed by atoms with E-state index in [1.165, 1.54) is 0 Å². The van der Waals surface area contributed by atoms with Crippen LogP contribution in [0.15, 0.2) is 24.3 Å². The van der Waals surface area contributed by atoms with Gasteiger partial charge in [-0.05, 0) is 51.2 Å². The van der Waals surface area contributed by atoms with Crippen molar-refractivity contribution in [2.24, 2.45) is 5.92 Å². The summed E-state index contributed by atoms with van der Waals surface area (Å²) in [6, 6.07) is 7.96. The number of aldehydes is 1. The van der Waals surface area contributed by atoms with E-state index in [9.17, 15) is 9.59 Å². The fourth-order valence-corrected chi connectivity index (χ4v) is 2.97. The van der Waals surface area contributed by atoms with Crippen molar-refractivity contribution < 1.29 is 14.3 Å². The number of rotatable bonds is 3. The zero-order chi connectivity index (χ0) is 16.3. The van der Waals surface area contributed by atoms with Gasteiger partial charge in [0.15, 0.2) is 0 Å². The SMILES string of the molecule is Cc1ccccc1C(C=O)C1CCN(C(=O)OC(C)(C)C)C1. The van der Waals surface area contributed by atoms with Crippen molar-refractivity contribution >= 4 is 12.4 Å². The highest BCUT2D eigenvalue weighted by Gasteiger charge is 2.34. The van der Waals surface area contributed by atoms with Crippen molar-refractivity contribution in [3.8, 4) is 0 Å². The van der Waals surface area contributed by atoms with Gasteiger partial charge in [0.05, 0.1) is 0 Å². The molecule has 0 N–H and O–H groups in total. The number of hydrogen-bond acceptors (Lipinski definition) is 3. The van der Waals surface area contributed by atoms with Gasteiger partial charge >= 0.3 is 6.09 Å². The first kappa shape index (κ1) is 16.5. The lowest BCUT2D eigenvalue weighted by molar-refractivity contribution is -0.110. The minimum absolute atomic E-state index is 0.158. The summed E-state index contributed by atoms with van der Waals surface area (Å²) in [5.74, 6) is -0.000227. The molecule has 4 heteroatoms. The molecule has 22 heavy (non-hydrogen) atoms. The molecule has 0 aromatic heterocycles. The first-order valence-electron chi connectivity index (χ1n) is 7.80. The summed E-state index contributed by atoms with van der Waals surface area (Å²) in [4.78, 5) is 25.5. The third-order valence-corrected chi connectivity index (χ3v) is 4.08. The lowest BCUT2D eigenvalue weighted by atomic mass is 9.84. The summed E-state index contributed by atoms with van der Waals surface area (Å²) in [7, 11) is 0. The van der Waals surface area contributed by atoms with Gasteiger partial charge in [-0.2, -0.15) is 0 Å². The molecule has 0 bridgehead atoms. The van der Waals surface area contributed by atoms with E-state index in [4.69, 9.17) is 4.74 Å². The number of likely N-dealkylation sites (tertiary alicyclic amines) is 1. The fraction of sp³-hybridized carbons (Fsp3) is 0.556. The number of carbonyl (C=O) groups is 2. The maximum atomic E-state index is 12.1. The van der Waals surface area contributed by atoms with Gasteiger partial charge in [0.2, 0.25) is 0 Å².